The minimum absolute atomic E-state index is 0.187. The lowest BCUT2D eigenvalue weighted by Gasteiger charge is -2.24. The van der Waals surface area contributed by atoms with E-state index in [1.165, 1.54) is 29.8 Å². The molecule has 0 bridgehead atoms. The molecular weight excluding hydrogens is 535 g/mol. The number of fused-ring (bicyclic) bond motifs is 1. The van der Waals surface area contributed by atoms with Gasteiger partial charge in [-0.15, -0.1) is 11.3 Å². The zero-order valence-electron chi connectivity index (χ0n) is 19.6. The van der Waals surface area contributed by atoms with Crippen molar-refractivity contribution in [1.29, 1.82) is 0 Å². The fraction of sp³-hybridized carbons (Fsp3) is 0.231. The van der Waals surface area contributed by atoms with Crippen molar-refractivity contribution in [3.63, 3.8) is 0 Å². The van der Waals surface area contributed by atoms with Crippen molar-refractivity contribution >= 4 is 54.5 Å². The van der Waals surface area contributed by atoms with E-state index in [9.17, 15) is 12.8 Å². The van der Waals surface area contributed by atoms with Gasteiger partial charge in [0.2, 0.25) is 0 Å². The van der Waals surface area contributed by atoms with Crippen molar-refractivity contribution in [2.24, 2.45) is 0 Å². The molecule has 1 N–H and O–H groups in total. The summed E-state index contributed by atoms with van der Waals surface area (Å²) in [6, 6.07) is 13.5. The summed E-state index contributed by atoms with van der Waals surface area (Å²) >= 11 is 7.89. The quantitative estimate of drug-likeness (QED) is 0.339. The Bertz CT molecular complexity index is 1600. The summed E-state index contributed by atoms with van der Waals surface area (Å²) in [5, 5.41) is 4.53. The van der Waals surface area contributed by atoms with Crippen molar-refractivity contribution in [3.05, 3.63) is 76.1 Å². The molecule has 5 rings (SSSR count). The molecule has 0 atom stereocenters. The number of ether oxygens (including phenoxy) is 1. The molecular formula is C26H22ClFN4O3S2. The Hall–Kier alpha value is -3.23. The first-order valence-electron chi connectivity index (χ1n) is 11.4. The Balaban J connectivity index is 1.25. The topological polar surface area (TPSA) is 84.4 Å². The predicted molar refractivity (Wildman–Crippen MR) is 145 cm³/mol. The molecule has 1 fully saturated rings. The molecule has 0 saturated carbocycles. The fourth-order valence-corrected chi connectivity index (χ4v) is 6.17. The second-order valence-corrected chi connectivity index (χ2v) is 12.2. The molecule has 3 heterocycles. The van der Waals surface area contributed by atoms with Crippen LogP contribution in [0.1, 0.15) is 10.4 Å². The third-order valence-corrected chi connectivity index (χ3v) is 8.62. The van der Waals surface area contributed by atoms with Gasteiger partial charge in [0.05, 0.1) is 33.3 Å². The molecule has 0 amide bonds. The third-order valence-electron chi connectivity index (χ3n) is 5.76. The van der Waals surface area contributed by atoms with E-state index in [0.29, 0.717) is 41.8 Å². The number of nitrogens with zero attached hydrogens (tertiary/aromatic N) is 3. The summed E-state index contributed by atoms with van der Waals surface area (Å²) in [5.41, 5.74) is 1.43. The number of rotatable bonds is 6. The monoisotopic (exact) mass is 556 g/mol. The van der Waals surface area contributed by atoms with Crippen LogP contribution in [0.5, 0.6) is 5.75 Å². The van der Waals surface area contributed by atoms with Gasteiger partial charge in [0.25, 0.3) is 0 Å². The van der Waals surface area contributed by atoms with Crippen molar-refractivity contribution in [1.82, 2.24) is 14.9 Å². The Morgan fingerprint density at radius 1 is 1.14 bits per heavy atom. The molecule has 2 aromatic heterocycles. The Labute approximate surface area is 223 Å². The molecule has 4 aromatic rings. The average Bonchev–Trinajstić information content (AvgIpc) is 3.29. The van der Waals surface area contributed by atoms with E-state index in [4.69, 9.17) is 16.3 Å². The van der Waals surface area contributed by atoms with Crippen molar-refractivity contribution < 1.29 is 17.5 Å². The van der Waals surface area contributed by atoms with Crippen LogP contribution in [0.15, 0.2) is 54.9 Å². The van der Waals surface area contributed by atoms with Crippen LogP contribution in [-0.2, 0) is 16.4 Å². The van der Waals surface area contributed by atoms with Crippen LogP contribution in [0.25, 0.3) is 10.2 Å². The molecule has 1 aliphatic rings. The molecule has 37 heavy (non-hydrogen) atoms. The van der Waals surface area contributed by atoms with Crippen LogP contribution < -0.4 is 10.1 Å². The van der Waals surface area contributed by atoms with Crippen LogP contribution in [0, 0.1) is 17.7 Å². The molecule has 11 heteroatoms. The normalized spacial score (nSPS) is 15.2. The van der Waals surface area contributed by atoms with E-state index in [1.807, 2.05) is 17.0 Å². The average molecular weight is 557 g/mol. The fourth-order valence-electron chi connectivity index (χ4n) is 3.78. The van der Waals surface area contributed by atoms with E-state index in [-0.39, 0.29) is 23.9 Å². The lowest BCUT2D eigenvalue weighted by Crippen LogP contribution is -2.40. The number of hydrogen-bond acceptors (Lipinski definition) is 8. The predicted octanol–water partition coefficient (Wildman–Crippen LogP) is 4.89. The summed E-state index contributed by atoms with van der Waals surface area (Å²) in [7, 11) is -2.90. The van der Waals surface area contributed by atoms with E-state index >= 15 is 0 Å². The Morgan fingerprint density at radius 2 is 1.97 bits per heavy atom. The van der Waals surface area contributed by atoms with Gasteiger partial charge in [-0.3, -0.25) is 4.90 Å². The largest absolute Gasteiger partial charge is 0.487 e. The highest BCUT2D eigenvalue weighted by atomic mass is 35.5. The van der Waals surface area contributed by atoms with Gasteiger partial charge in [0.15, 0.2) is 9.84 Å². The third kappa shape index (κ3) is 6.56. The number of hydrogen-bond donors (Lipinski definition) is 1. The second kappa shape index (κ2) is 11.0. The molecule has 2 aromatic carbocycles. The van der Waals surface area contributed by atoms with Gasteiger partial charge < -0.3 is 10.1 Å². The Morgan fingerprint density at radius 3 is 2.76 bits per heavy atom. The number of thiophene rings is 1. The van der Waals surface area contributed by atoms with Crippen LogP contribution in [0.4, 0.5) is 15.9 Å². The Kier molecular flexibility index (Phi) is 7.58. The summed E-state index contributed by atoms with van der Waals surface area (Å²) in [6.45, 7) is 1.75. The van der Waals surface area contributed by atoms with Gasteiger partial charge in [0.1, 0.15) is 35.1 Å². The number of sulfone groups is 1. The standard InChI is InChI=1S/C26H22ClFN4O3S2/c27-23-14-20(6-7-24(23)35-16-18-3-1-4-19(28)13-18)31-25-22-15-21(36-26(22)30-17-29-25)5-2-8-32-9-11-37(33,34)12-10-32/h1,3-4,6-7,13-15,17H,8-12,16H2,(H,29,30,31). The SMILES string of the molecule is O=S1(=O)CCN(CC#Cc2cc3c(Nc4ccc(OCc5cccc(F)c5)c(Cl)c4)ncnc3s2)CC1. The summed E-state index contributed by atoms with van der Waals surface area (Å²) < 4.78 is 42.3. The second-order valence-electron chi connectivity index (χ2n) is 8.47. The zero-order valence-corrected chi connectivity index (χ0v) is 22.0. The van der Waals surface area contributed by atoms with Gasteiger partial charge in [-0.2, -0.15) is 0 Å². The van der Waals surface area contributed by atoms with Gasteiger partial charge >= 0.3 is 0 Å². The van der Waals surface area contributed by atoms with E-state index in [1.54, 1.807) is 24.3 Å². The van der Waals surface area contributed by atoms with E-state index < -0.39 is 9.84 Å². The van der Waals surface area contributed by atoms with Crippen LogP contribution in [-0.4, -0.2) is 54.4 Å². The molecule has 1 saturated heterocycles. The number of benzene rings is 2. The number of halogens is 2. The minimum atomic E-state index is -2.90. The molecule has 0 aliphatic carbocycles. The molecule has 7 nitrogen and oxygen atoms in total. The van der Waals surface area contributed by atoms with Gasteiger partial charge in [-0.1, -0.05) is 35.6 Å². The van der Waals surface area contributed by atoms with Crippen LogP contribution >= 0.6 is 22.9 Å². The first kappa shape index (κ1) is 25.4. The lowest BCUT2D eigenvalue weighted by atomic mass is 10.2. The minimum Gasteiger partial charge on any atom is -0.487 e. The molecule has 1 aliphatic heterocycles. The molecule has 0 radical (unpaired) electrons. The molecule has 0 spiro atoms. The lowest BCUT2D eigenvalue weighted by molar-refractivity contribution is 0.306. The first-order valence-corrected chi connectivity index (χ1v) is 14.5. The highest BCUT2D eigenvalue weighted by Crippen LogP contribution is 2.33. The number of aromatic nitrogens is 2. The molecule has 190 valence electrons. The van der Waals surface area contributed by atoms with Crippen molar-refractivity contribution in [2.75, 3.05) is 36.5 Å². The molecule has 0 unspecified atom stereocenters. The summed E-state index contributed by atoms with van der Waals surface area (Å²) in [6.07, 6.45) is 1.49. The first-order chi connectivity index (χ1) is 17.8. The van der Waals surface area contributed by atoms with Gasteiger partial charge in [-0.25, -0.2) is 22.8 Å². The van der Waals surface area contributed by atoms with Gasteiger partial charge in [-0.05, 0) is 42.0 Å². The maximum Gasteiger partial charge on any atom is 0.152 e. The summed E-state index contributed by atoms with van der Waals surface area (Å²) in [4.78, 5) is 12.4. The smallest absolute Gasteiger partial charge is 0.152 e. The summed E-state index contributed by atoms with van der Waals surface area (Å²) in [5.74, 6) is 7.48. The number of anilines is 2. The van der Waals surface area contributed by atoms with E-state index in [2.05, 4.69) is 27.1 Å². The van der Waals surface area contributed by atoms with Crippen molar-refractivity contribution in [2.45, 2.75) is 6.61 Å². The van der Waals surface area contributed by atoms with E-state index in [0.717, 1.165) is 20.8 Å². The maximum atomic E-state index is 13.4. The van der Waals surface area contributed by atoms with Crippen LogP contribution in [0.2, 0.25) is 5.02 Å². The van der Waals surface area contributed by atoms with Crippen molar-refractivity contribution in [3.8, 4) is 17.6 Å². The highest BCUT2D eigenvalue weighted by molar-refractivity contribution is 7.91. The van der Waals surface area contributed by atoms with Gasteiger partial charge in [0, 0.05) is 18.8 Å². The highest BCUT2D eigenvalue weighted by Gasteiger charge is 2.20. The maximum absolute atomic E-state index is 13.4. The zero-order chi connectivity index (χ0) is 25.8. The number of nitrogens with one attached hydrogen (secondary N) is 1. The van der Waals surface area contributed by atoms with Crippen LogP contribution in [0.3, 0.4) is 0 Å².